The molecule has 6 nitrogen and oxygen atoms in total. The van der Waals surface area contributed by atoms with Gasteiger partial charge in [0.2, 0.25) is 5.13 Å². The van der Waals surface area contributed by atoms with Crippen LogP contribution in [0.2, 0.25) is 0 Å². The van der Waals surface area contributed by atoms with E-state index in [4.69, 9.17) is 9.15 Å². The molecule has 0 spiro atoms. The Labute approximate surface area is 127 Å². The Bertz CT molecular complexity index is 619. The maximum absolute atomic E-state index is 11.5. The van der Waals surface area contributed by atoms with E-state index in [2.05, 4.69) is 29.4 Å². The van der Waals surface area contributed by atoms with Gasteiger partial charge in [0.25, 0.3) is 0 Å². The molecule has 0 saturated heterocycles. The van der Waals surface area contributed by atoms with E-state index < -0.39 is 5.97 Å². The van der Waals surface area contributed by atoms with Gasteiger partial charge in [0.1, 0.15) is 22.1 Å². The number of furan rings is 1. The standard InChI is InChI=1S/C14H19N3O3S/c1-8(2)5-12-16-17-14(21-12)15-7-10-6-11(9(3)20-10)13(18)19-4/h6,8H,5,7H2,1-4H3,(H,15,17). The third kappa shape index (κ3) is 4.04. The monoisotopic (exact) mass is 309 g/mol. The summed E-state index contributed by atoms with van der Waals surface area (Å²) in [6.07, 6.45) is 0.922. The normalized spacial score (nSPS) is 10.9. The van der Waals surface area contributed by atoms with Gasteiger partial charge in [0, 0.05) is 6.42 Å². The van der Waals surface area contributed by atoms with E-state index in [1.54, 1.807) is 13.0 Å². The molecule has 0 aliphatic rings. The van der Waals surface area contributed by atoms with Crippen molar-refractivity contribution in [3.05, 3.63) is 28.2 Å². The predicted octanol–water partition coefficient (Wildman–Crippen LogP) is 3.04. The van der Waals surface area contributed by atoms with Crippen molar-refractivity contribution in [2.45, 2.75) is 33.7 Å². The predicted molar refractivity (Wildman–Crippen MR) is 80.6 cm³/mol. The first kappa shape index (κ1) is 15.5. The summed E-state index contributed by atoms with van der Waals surface area (Å²) in [5, 5.41) is 13.1. The van der Waals surface area contributed by atoms with Crippen LogP contribution in [0.3, 0.4) is 0 Å². The van der Waals surface area contributed by atoms with Crippen LogP contribution < -0.4 is 5.32 Å². The van der Waals surface area contributed by atoms with Crippen molar-refractivity contribution >= 4 is 22.4 Å². The first-order valence-electron chi connectivity index (χ1n) is 6.73. The molecule has 0 saturated carbocycles. The van der Waals surface area contributed by atoms with Crippen molar-refractivity contribution in [1.29, 1.82) is 0 Å². The van der Waals surface area contributed by atoms with Crippen LogP contribution in [0.4, 0.5) is 5.13 Å². The second kappa shape index (κ2) is 6.71. The smallest absolute Gasteiger partial charge is 0.341 e. The number of nitrogens with zero attached hydrogens (tertiary/aromatic N) is 2. The molecule has 0 fully saturated rings. The van der Waals surface area contributed by atoms with Crippen LogP contribution in [-0.2, 0) is 17.7 Å². The van der Waals surface area contributed by atoms with Crippen LogP contribution in [0.5, 0.6) is 0 Å². The maximum Gasteiger partial charge on any atom is 0.341 e. The molecule has 0 aromatic carbocycles. The number of hydrogen-bond acceptors (Lipinski definition) is 7. The Balaban J connectivity index is 1.97. The number of rotatable bonds is 6. The zero-order chi connectivity index (χ0) is 15.4. The highest BCUT2D eigenvalue weighted by Gasteiger charge is 2.15. The second-order valence-electron chi connectivity index (χ2n) is 5.13. The molecule has 0 amide bonds. The quantitative estimate of drug-likeness (QED) is 0.826. The molecule has 0 unspecified atom stereocenters. The maximum atomic E-state index is 11.5. The molecular weight excluding hydrogens is 290 g/mol. The third-order valence-electron chi connectivity index (χ3n) is 2.84. The minimum absolute atomic E-state index is 0.391. The molecule has 2 heterocycles. The van der Waals surface area contributed by atoms with Crippen molar-refractivity contribution in [1.82, 2.24) is 10.2 Å². The SMILES string of the molecule is COC(=O)c1cc(CNc2nnc(CC(C)C)s2)oc1C. The fraction of sp³-hybridized carbons (Fsp3) is 0.500. The first-order chi connectivity index (χ1) is 9.99. The number of anilines is 1. The zero-order valence-electron chi connectivity index (χ0n) is 12.6. The number of hydrogen-bond donors (Lipinski definition) is 1. The van der Waals surface area contributed by atoms with Gasteiger partial charge in [-0.25, -0.2) is 4.79 Å². The number of carbonyl (C=O) groups is 1. The highest BCUT2D eigenvalue weighted by Crippen LogP contribution is 2.20. The fourth-order valence-electron chi connectivity index (χ4n) is 1.86. The first-order valence-corrected chi connectivity index (χ1v) is 7.55. The summed E-state index contributed by atoms with van der Waals surface area (Å²) in [6.45, 7) is 6.48. The highest BCUT2D eigenvalue weighted by molar-refractivity contribution is 7.15. The fourth-order valence-corrected chi connectivity index (χ4v) is 2.81. The molecule has 7 heteroatoms. The lowest BCUT2D eigenvalue weighted by molar-refractivity contribution is 0.0599. The number of aryl methyl sites for hydroxylation is 1. The summed E-state index contributed by atoms with van der Waals surface area (Å²) < 4.78 is 10.2. The highest BCUT2D eigenvalue weighted by atomic mass is 32.1. The van der Waals surface area contributed by atoms with Crippen molar-refractivity contribution < 1.29 is 13.9 Å². The molecule has 0 aliphatic carbocycles. The van der Waals surface area contributed by atoms with Crippen molar-refractivity contribution in [2.24, 2.45) is 5.92 Å². The number of ether oxygens (including phenoxy) is 1. The number of carbonyl (C=O) groups excluding carboxylic acids is 1. The summed E-state index contributed by atoms with van der Waals surface area (Å²) in [7, 11) is 1.35. The van der Waals surface area contributed by atoms with E-state index in [0.29, 0.717) is 29.5 Å². The van der Waals surface area contributed by atoms with Crippen LogP contribution in [-0.4, -0.2) is 23.3 Å². The Morgan fingerprint density at radius 3 is 2.90 bits per heavy atom. The van der Waals surface area contributed by atoms with Gasteiger partial charge in [-0.3, -0.25) is 0 Å². The zero-order valence-corrected chi connectivity index (χ0v) is 13.4. The summed E-state index contributed by atoms with van der Waals surface area (Å²) in [5.74, 6) is 1.38. The Kier molecular flexibility index (Phi) is 4.95. The molecule has 21 heavy (non-hydrogen) atoms. The minimum atomic E-state index is -0.391. The van der Waals surface area contributed by atoms with Crippen molar-refractivity contribution in [2.75, 3.05) is 12.4 Å². The van der Waals surface area contributed by atoms with Gasteiger partial charge in [0.15, 0.2) is 0 Å². The number of esters is 1. The number of aromatic nitrogens is 2. The van der Waals surface area contributed by atoms with Gasteiger partial charge < -0.3 is 14.5 Å². The lowest BCUT2D eigenvalue weighted by atomic mass is 10.1. The molecular formula is C14H19N3O3S. The van der Waals surface area contributed by atoms with Crippen molar-refractivity contribution in [3.63, 3.8) is 0 Å². The third-order valence-corrected chi connectivity index (χ3v) is 3.74. The van der Waals surface area contributed by atoms with Gasteiger partial charge in [-0.1, -0.05) is 25.2 Å². The van der Waals surface area contributed by atoms with Crippen LogP contribution in [0.15, 0.2) is 10.5 Å². The van der Waals surface area contributed by atoms with Gasteiger partial charge in [-0.2, -0.15) is 0 Å². The molecule has 2 rings (SSSR count). The van der Waals surface area contributed by atoms with E-state index in [9.17, 15) is 4.79 Å². The van der Waals surface area contributed by atoms with Gasteiger partial charge in [-0.15, -0.1) is 10.2 Å². The molecule has 1 N–H and O–H groups in total. The van der Waals surface area contributed by atoms with Crippen LogP contribution >= 0.6 is 11.3 Å². The van der Waals surface area contributed by atoms with Gasteiger partial charge in [0.05, 0.1) is 13.7 Å². The summed E-state index contributed by atoms with van der Waals surface area (Å²) in [6, 6.07) is 1.68. The van der Waals surface area contributed by atoms with Gasteiger partial charge >= 0.3 is 5.97 Å². The molecule has 2 aromatic heterocycles. The average molecular weight is 309 g/mol. The van der Waals surface area contributed by atoms with Crippen molar-refractivity contribution in [3.8, 4) is 0 Å². The van der Waals surface area contributed by atoms with E-state index in [1.165, 1.54) is 18.4 Å². The Morgan fingerprint density at radius 1 is 1.48 bits per heavy atom. The van der Waals surface area contributed by atoms with Crippen LogP contribution in [0.1, 0.15) is 40.7 Å². The lowest BCUT2D eigenvalue weighted by Crippen LogP contribution is -2.01. The molecule has 114 valence electrons. The van der Waals surface area contributed by atoms with E-state index in [0.717, 1.165) is 16.6 Å². The topological polar surface area (TPSA) is 77.2 Å². The molecule has 0 atom stereocenters. The van der Waals surface area contributed by atoms with E-state index in [-0.39, 0.29) is 0 Å². The minimum Gasteiger partial charge on any atom is -0.465 e. The van der Waals surface area contributed by atoms with Crippen LogP contribution in [0.25, 0.3) is 0 Å². The van der Waals surface area contributed by atoms with E-state index >= 15 is 0 Å². The lowest BCUT2D eigenvalue weighted by Gasteiger charge is -1.98. The summed E-state index contributed by atoms with van der Waals surface area (Å²) in [5.41, 5.74) is 0.451. The number of nitrogens with one attached hydrogen (secondary N) is 1. The summed E-state index contributed by atoms with van der Waals surface area (Å²) >= 11 is 1.54. The second-order valence-corrected chi connectivity index (χ2v) is 6.19. The molecule has 0 radical (unpaired) electrons. The molecule has 0 bridgehead atoms. The number of methoxy groups -OCH3 is 1. The molecule has 2 aromatic rings. The molecule has 0 aliphatic heterocycles. The average Bonchev–Trinajstić information content (AvgIpc) is 3.01. The Hall–Kier alpha value is -1.89. The van der Waals surface area contributed by atoms with E-state index in [1.807, 2.05) is 0 Å². The largest absolute Gasteiger partial charge is 0.465 e. The summed E-state index contributed by atoms with van der Waals surface area (Å²) in [4.78, 5) is 11.5. The Morgan fingerprint density at radius 2 is 2.24 bits per heavy atom. The van der Waals surface area contributed by atoms with Gasteiger partial charge in [-0.05, 0) is 18.9 Å². The van der Waals surface area contributed by atoms with Crippen LogP contribution in [0, 0.1) is 12.8 Å².